The molecule has 2 aromatic heterocycles. The maximum Gasteiger partial charge on any atom is 0.131 e. The normalized spacial score (nSPS) is 12.9. The molecule has 1 unspecified atom stereocenters. The molecule has 18 heavy (non-hydrogen) atoms. The number of halogens is 1. The summed E-state index contributed by atoms with van der Waals surface area (Å²) in [5, 5.41) is 15.0. The number of hydrogen-bond donors (Lipinski definition) is 1. The van der Waals surface area contributed by atoms with E-state index in [1.165, 1.54) is 0 Å². The molecule has 1 atom stereocenters. The molecule has 4 nitrogen and oxygen atoms in total. The van der Waals surface area contributed by atoms with E-state index in [0.29, 0.717) is 23.9 Å². The fourth-order valence-electron chi connectivity index (χ4n) is 1.73. The van der Waals surface area contributed by atoms with Crippen LogP contribution in [0.2, 0.25) is 5.02 Å². The number of hydrogen-bond acceptors (Lipinski definition) is 4. The van der Waals surface area contributed by atoms with E-state index in [1.54, 1.807) is 29.3 Å². The van der Waals surface area contributed by atoms with Crippen molar-refractivity contribution in [3.8, 4) is 0 Å². The van der Waals surface area contributed by atoms with Gasteiger partial charge in [-0.15, -0.1) is 11.3 Å². The van der Waals surface area contributed by atoms with Gasteiger partial charge in [-0.2, -0.15) is 5.10 Å². The van der Waals surface area contributed by atoms with Gasteiger partial charge < -0.3 is 9.84 Å². The number of thiophene rings is 1. The van der Waals surface area contributed by atoms with Crippen molar-refractivity contribution in [3.63, 3.8) is 0 Å². The number of ether oxygens (including phenoxy) is 1. The fourth-order valence-corrected chi connectivity index (χ4v) is 2.85. The van der Waals surface area contributed by atoms with Crippen LogP contribution >= 0.6 is 22.9 Å². The van der Waals surface area contributed by atoms with E-state index in [-0.39, 0.29) is 0 Å². The molecule has 6 heteroatoms. The molecule has 0 saturated heterocycles. The average molecular weight is 287 g/mol. The van der Waals surface area contributed by atoms with E-state index >= 15 is 0 Å². The molecule has 0 spiro atoms. The molecule has 0 aliphatic rings. The molecule has 0 radical (unpaired) electrons. The smallest absolute Gasteiger partial charge is 0.131 e. The topological polar surface area (TPSA) is 47.3 Å². The summed E-state index contributed by atoms with van der Waals surface area (Å²) in [4.78, 5) is 2.02. The quantitative estimate of drug-likeness (QED) is 0.919. The van der Waals surface area contributed by atoms with Gasteiger partial charge in [0.2, 0.25) is 0 Å². The first-order chi connectivity index (χ1) is 8.63. The molecule has 0 amide bonds. The molecule has 0 aliphatic carbocycles. The van der Waals surface area contributed by atoms with Crippen molar-refractivity contribution in [1.29, 1.82) is 0 Å². The van der Waals surface area contributed by atoms with Gasteiger partial charge in [-0.05, 0) is 19.1 Å². The standard InChI is InChI=1S/C12H15ClN2O2S/c1-8-3-4-10(18-8)12(16)11-9(13)7-14-15(11)5-6-17-2/h3-4,7,12,16H,5-6H2,1-2H3. The van der Waals surface area contributed by atoms with Crippen LogP contribution < -0.4 is 0 Å². The van der Waals surface area contributed by atoms with E-state index in [0.717, 1.165) is 9.75 Å². The Bertz CT molecular complexity index is 524. The minimum Gasteiger partial charge on any atom is -0.383 e. The molecule has 2 heterocycles. The maximum absolute atomic E-state index is 10.4. The van der Waals surface area contributed by atoms with Crippen molar-refractivity contribution in [2.24, 2.45) is 0 Å². The van der Waals surface area contributed by atoms with Crippen LogP contribution in [0.5, 0.6) is 0 Å². The monoisotopic (exact) mass is 286 g/mol. The maximum atomic E-state index is 10.4. The molecule has 1 N–H and O–H groups in total. The SMILES string of the molecule is COCCn1ncc(Cl)c1C(O)c1ccc(C)s1. The van der Waals surface area contributed by atoms with Crippen LogP contribution in [0.15, 0.2) is 18.3 Å². The minimum absolute atomic E-state index is 0.477. The van der Waals surface area contributed by atoms with Crippen LogP contribution in [0.3, 0.4) is 0 Å². The predicted molar refractivity (Wildman–Crippen MR) is 72.2 cm³/mol. The highest BCUT2D eigenvalue weighted by molar-refractivity contribution is 7.12. The van der Waals surface area contributed by atoms with Gasteiger partial charge in [0.15, 0.2) is 0 Å². The van der Waals surface area contributed by atoms with Gasteiger partial charge in [0.25, 0.3) is 0 Å². The minimum atomic E-state index is -0.740. The van der Waals surface area contributed by atoms with Gasteiger partial charge in [-0.3, -0.25) is 4.68 Å². The molecule has 0 fully saturated rings. The number of methoxy groups -OCH3 is 1. The van der Waals surface area contributed by atoms with Crippen molar-refractivity contribution >= 4 is 22.9 Å². The van der Waals surface area contributed by atoms with E-state index in [2.05, 4.69) is 5.10 Å². The lowest BCUT2D eigenvalue weighted by Gasteiger charge is -2.12. The lowest BCUT2D eigenvalue weighted by Crippen LogP contribution is -2.13. The Labute approximate surface area is 115 Å². The predicted octanol–water partition coefficient (Wildman–Crippen LogP) is 2.63. The second-order valence-corrected chi connectivity index (χ2v) is 5.67. The number of aromatic nitrogens is 2. The first-order valence-corrected chi connectivity index (χ1v) is 6.77. The van der Waals surface area contributed by atoms with Gasteiger partial charge in [0.05, 0.1) is 30.1 Å². The summed E-state index contributed by atoms with van der Waals surface area (Å²) in [5.41, 5.74) is 0.621. The Morgan fingerprint density at radius 2 is 2.33 bits per heavy atom. The highest BCUT2D eigenvalue weighted by Crippen LogP contribution is 2.32. The third kappa shape index (κ3) is 2.75. The third-order valence-electron chi connectivity index (χ3n) is 2.63. The lowest BCUT2D eigenvalue weighted by atomic mass is 10.2. The molecule has 0 aliphatic heterocycles. The molecular formula is C12H15ClN2O2S. The Balaban J connectivity index is 2.28. The van der Waals surface area contributed by atoms with Gasteiger partial charge in [0.1, 0.15) is 6.10 Å². The van der Waals surface area contributed by atoms with Crippen molar-refractivity contribution in [2.45, 2.75) is 19.6 Å². The third-order valence-corrected chi connectivity index (χ3v) is 3.97. The molecule has 98 valence electrons. The fraction of sp³-hybridized carbons (Fsp3) is 0.417. The van der Waals surface area contributed by atoms with E-state index in [1.807, 2.05) is 19.1 Å². The highest BCUT2D eigenvalue weighted by atomic mass is 35.5. The van der Waals surface area contributed by atoms with E-state index in [4.69, 9.17) is 16.3 Å². The number of rotatable bonds is 5. The van der Waals surface area contributed by atoms with Crippen molar-refractivity contribution in [2.75, 3.05) is 13.7 Å². The van der Waals surface area contributed by atoms with Crippen molar-refractivity contribution in [3.05, 3.63) is 38.8 Å². The number of aliphatic hydroxyl groups is 1. The second-order valence-electron chi connectivity index (χ2n) is 3.94. The average Bonchev–Trinajstić information content (AvgIpc) is 2.92. The van der Waals surface area contributed by atoms with Crippen LogP contribution in [0.25, 0.3) is 0 Å². The van der Waals surface area contributed by atoms with Crippen molar-refractivity contribution in [1.82, 2.24) is 9.78 Å². The van der Waals surface area contributed by atoms with Crippen LogP contribution in [0.4, 0.5) is 0 Å². The van der Waals surface area contributed by atoms with Crippen LogP contribution in [-0.2, 0) is 11.3 Å². The largest absolute Gasteiger partial charge is 0.383 e. The zero-order chi connectivity index (χ0) is 13.1. The Kier molecular flexibility index (Phi) is 4.40. The summed E-state index contributed by atoms with van der Waals surface area (Å²) in [6, 6.07) is 3.89. The van der Waals surface area contributed by atoms with E-state index < -0.39 is 6.10 Å². The van der Waals surface area contributed by atoms with Gasteiger partial charge in [-0.1, -0.05) is 11.6 Å². The summed E-state index contributed by atoms with van der Waals surface area (Å²) in [6.07, 6.45) is 0.812. The molecule has 0 aromatic carbocycles. The summed E-state index contributed by atoms with van der Waals surface area (Å²) in [6.45, 7) is 3.10. The Hall–Kier alpha value is -0.880. The Morgan fingerprint density at radius 3 is 2.94 bits per heavy atom. The van der Waals surface area contributed by atoms with Gasteiger partial charge in [-0.25, -0.2) is 0 Å². The van der Waals surface area contributed by atoms with E-state index in [9.17, 15) is 5.11 Å². The van der Waals surface area contributed by atoms with Crippen LogP contribution in [-0.4, -0.2) is 28.6 Å². The molecule has 2 aromatic rings. The zero-order valence-corrected chi connectivity index (χ0v) is 11.8. The second kappa shape index (κ2) is 5.84. The van der Waals surface area contributed by atoms with Crippen molar-refractivity contribution < 1.29 is 9.84 Å². The summed E-state index contributed by atoms with van der Waals surface area (Å²) in [5.74, 6) is 0. The van der Waals surface area contributed by atoms with Gasteiger partial charge in [0, 0.05) is 16.9 Å². The molecule has 0 saturated carbocycles. The molecular weight excluding hydrogens is 272 g/mol. The van der Waals surface area contributed by atoms with Crippen LogP contribution in [0, 0.1) is 6.92 Å². The number of nitrogens with zero attached hydrogens (tertiary/aromatic N) is 2. The Morgan fingerprint density at radius 1 is 1.56 bits per heavy atom. The summed E-state index contributed by atoms with van der Waals surface area (Å²) in [7, 11) is 1.63. The summed E-state index contributed by atoms with van der Waals surface area (Å²) < 4.78 is 6.70. The number of aryl methyl sites for hydroxylation is 1. The number of aliphatic hydroxyl groups excluding tert-OH is 1. The molecule has 2 rings (SSSR count). The first kappa shape index (κ1) is 13.5. The molecule has 0 bridgehead atoms. The lowest BCUT2D eigenvalue weighted by molar-refractivity contribution is 0.172. The first-order valence-electron chi connectivity index (χ1n) is 5.58. The zero-order valence-electron chi connectivity index (χ0n) is 10.3. The summed E-state index contributed by atoms with van der Waals surface area (Å²) >= 11 is 7.65. The van der Waals surface area contributed by atoms with Gasteiger partial charge >= 0.3 is 0 Å². The van der Waals surface area contributed by atoms with Crippen LogP contribution in [0.1, 0.15) is 21.6 Å². The highest BCUT2D eigenvalue weighted by Gasteiger charge is 2.21.